The number of nitrogens with zero attached hydrogens (tertiary/aromatic N) is 1. The molecule has 0 radical (unpaired) electrons. The molecule has 2 fully saturated rings. The molecule has 8 nitrogen and oxygen atoms in total. The average Bonchev–Trinajstić information content (AvgIpc) is 2.92. The summed E-state index contributed by atoms with van der Waals surface area (Å²) in [5, 5.41) is 17.1. The van der Waals surface area contributed by atoms with Crippen LogP contribution >= 0.6 is 0 Å². The number of aliphatic carboxylic acids is 1. The van der Waals surface area contributed by atoms with Crippen molar-refractivity contribution in [3.05, 3.63) is 35.9 Å². The summed E-state index contributed by atoms with van der Waals surface area (Å²) in [5.74, 6) is -1.11. The quantitative estimate of drug-likeness (QED) is 0.608. The molecule has 21 heavy (non-hydrogen) atoms. The van der Waals surface area contributed by atoms with Gasteiger partial charge in [0.15, 0.2) is 0 Å². The molecular weight excluding hydrogens is 276 g/mol. The van der Waals surface area contributed by atoms with Gasteiger partial charge in [-0.25, -0.2) is 14.4 Å². The van der Waals surface area contributed by atoms with E-state index in [2.05, 4.69) is 16.0 Å². The summed E-state index contributed by atoms with van der Waals surface area (Å²) in [7, 11) is 0. The van der Waals surface area contributed by atoms with Gasteiger partial charge in [0.1, 0.15) is 18.4 Å². The molecular formula is C13H14N4O4. The highest BCUT2D eigenvalue weighted by molar-refractivity contribution is 5.88. The second-order valence-corrected chi connectivity index (χ2v) is 4.94. The number of carbonyl (C=O) groups excluding carboxylic acids is 2. The van der Waals surface area contributed by atoms with Gasteiger partial charge in [0.05, 0.1) is 0 Å². The predicted molar refractivity (Wildman–Crippen MR) is 71.2 cm³/mol. The van der Waals surface area contributed by atoms with Crippen LogP contribution in [0, 0.1) is 0 Å². The highest BCUT2D eigenvalue weighted by atomic mass is 16.4. The molecule has 0 unspecified atom stereocenters. The monoisotopic (exact) mass is 290 g/mol. The van der Waals surface area contributed by atoms with E-state index < -0.39 is 36.4 Å². The van der Waals surface area contributed by atoms with Gasteiger partial charge in [-0.3, -0.25) is 4.90 Å². The molecule has 0 aliphatic carbocycles. The summed E-state index contributed by atoms with van der Waals surface area (Å²) >= 11 is 0. The van der Waals surface area contributed by atoms with E-state index in [0.29, 0.717) is 0 Å². The van der Waals surface area contributed by atoms with Gasteiger partial charge in [-0.1, -0.05) is 30.3 Å². The zero-order valence-electron chi connectivity index (χ0n) is 10.9. The van der Waals surface area contributed by atoms with Gasteiger partial charge < -0.3 is 21.1 Å². The third-order valence-corrected chi connectivity index (χ3v) is 3.59. The second-order valence-electron chi connectivity index (χ2n) is 4.94. The van der Waals surface area contributed by atoms with Crippen LogP contribution in [-0.2, 0) is 11.2 Å². The van der Waals surface area contributed by atoms with Crippen LogP contribution in [-0.4, -0.2) is 46.4 Å². The summed E-state index contributed by atoms with van der Waals surface area (Å²) in [5.41, 5.74) is 0.804. The highest BCUT2D eigenvalue weighted by Gasteiger charge is 2.49. The Labute approximate surface area is 120 Å². The minimum atomic E-state index is -1.11. The molecule has 8 heteroatoms. The maximum Gasteiger partial charge on any atom is 0.326 e. The molecule has 0 saturated carbocycles. The molecule has 0 bridgehead atoms. The van der Waals surface area contributed by atoms with E-state index >= 15 is 0 Å². The van der Waals surface area contributed by atoms with E-state index in [-0.39, 0.29) is 6.42 Å². The predicted octanol–water partition coefficient (Wildman–Crippen LogP) is -0.328. The van der Waals surface area contributed by atoms with Crippen molar-refractivity contribution in [1.29, 1.82) is 0 Å². The van der Waals surface area contributed by atoms with Gasteiger partial charge in [-0.2, -0.15) is 0 Å². The topological polar surface area (TPSA) is 111 Å². The largest absolute Gasteiger partial charge is 0.480 e. The smallest absolute Gasteiger partial charge is 0.326 e. The molecule has 2 aliphatic rings. The van der Waals surface area contributed by atoms with Gasteiger partial charge in [-0.15, -0.1) is 0 Å². The minimum absolute atomic E-state index is 0.169. The molecule has 3 rings (SSSR count). The standard InChI is InChI=1S/C13H14N4O4/c18-11(19)8(6-7-4-2-1-3-5-7)17-10-9(15-13(17)21)14-12(20)16-10/h1-5,8-10H,6H2,(H,15,21)(H,18,19)(H2,14,16,20)/t8-,9+,10+/m0/s1. The van der Waals surface area contributed by atoms with E-state index in [1.54, 1.807) is 24.3 Å². The van der Waals surface area contributed by atoms with Crippen molar-refractivity contribution in [2.24, 2.45) is 0 Å². The molecule has 2 heterocycles. The summed E-state index contributed by atoms with van der Waals surface area (Å²) in [4.78, 5) is 36.0. The molecule has 4 N–H and O–H groups in total. The Bertz CT molecular complexity index is 591. The number of amides is 4. The van der Waals surface area contributed by atoms with Gasteiger partial charge in [0, 0.05) is 6.42 Å². The van der Waals surface area contributed by atoms with E-state index in [4.69, 9.17) is 0 Å². The maximum absolute atomic E-state index is 12.0. The normalized spacial score (nSPS) is 24.9. The molecule has 4 amide bonds. The third kappa shape index (κ3) is 2.35. The summed E-state index contributed by atoms with van der Waals surface area (Å²) in [6.45, 7) is 0. The molecule has 0 aromatic heterocycles. The Kier molecular flexibility index (Phi) is 3.13. The number of benzene rings is 1. The van der Waals surface area contributed by atoms with Crippen LogP contribution in [0.4, 0.5) is 9.59 Å². The fourth-order valence-electron chi connectivity index (χ4n) is 2.64. The van der Waals surface area contributed by atoms with Gasteiger partial charge in [0.25, 0.3) is 0 Å². The second kappa shape index (κ2) is 4.97. The first kappa shape index (κ1) is 13.2. The van der Waals surface area contributed by atoms with Crippen molar-refractivity contribution in [3.63, 3.8) is 0 Å². The van der Waals surface area contributed by atoms with Crippen LogP contribution in [0.5, 0.6) is 0 Å². The van der Waals surface area contributed by atoms with Crippen LogP contribution in [0.15, 0.2) is 30.3 Å². The molecule has 110 valence electrons. The van der Waals surface area contributed by atoms with Crippen molar-refractivity contribution in [2.45, 2.75) is 24.8 Å². The van der Waals surface area contributed by atoms with Crippen molar-refractivity contribution in [3.8, 4) is 0 Å². The Morgan fingerprint density at radius 2 is 1.90 bits per heavy atom. The first-order valence-electron chi connectivity index (χ1n) is 6.49. The first-order chi connectivity index (χ1) is 10.1. The highest BCUT2D eigenvalue weighted by Crippen LogP contribution is 2.20. The SMILES string of the molecule is O=C1N[C@@H]2NC(=O)N([C@@H](Cc3ccccc3)C(=O)O)[C@H]2N1. The van der Waals surface area contributed by atoms with Gasteiger partial charge in [0.2, 0.25) is 0 Å². The number of hydrogen-bond acceptors (Lipinski definition) is 3. The molecule has 2 aliphatic heterocycles. The van der Waals surface area contributed by atoms with Crippen LogP contribution in [0.25, 0.3) is 0 Å². The van der Waals surface area contributed by atoms with Crippen molar-refractivity contribution >= 4 is 18.0 Å². The fourth-order valence-corrected chi connectivity index (χ4v) is 2.64. The van der Waals surface area contributed by atoms with Crippen molar-refractivity contribution in [2.75, 3.05) is 0 Å². The Balaban J connectivity index is 1.85. The summed E-state index contributed by atoms with van der Waals surface area (Å²) < 4.78 is 0. The number of urea groups is 2. The Hall–Kier alpha value is -2.77. The van der Waals surface area contributed by atoms with Crippen LogP contribution in [0.3, 0.4) is 0 Å². The lowest BCUT2D eigenvalue weighted by Crippen LogP contribution is -2.53. The first-order valence-corrected chi connectivity index (χ1v) is 6.49. The fraction of sp³-hybridized carbons (Fsp3) is 0.308. The zero-order chi connectivity index (χ0) is 15.0. The minimum Gasteiger partial charge on any atom is -0.480 e. The van der Waals surface area contributed by atoms with E-state index in [1.807, 2.05) is 6.07 Å². The Morgan fingerprint density at radius 1 is 1.19 bits per heavy atom. The number of carboxylic acid groups (broad SMARTS) is 1. The molecule has 0 spiro atoms. The van der Waals surface area contributed by atoms with E-state index in [0.717, 1.165) is 10.5 Å². The lowest BCUT2D eigenvalue weighted by Gasteiger charge is -2.27. The van der Waals surface area contributed by atoms with Gasteiger partial charge >= 0.3 is 18.0 Å². The van der Waals surface area contributed by atoms with Crippen LogP contribution in [0.2, 0.25) is 0 Å². The maximum atomic E-state index is 12.0. The van der Waals surface area contributed by atoms with Crippen molar-refractivity contribution in [1.82, 2.24) is 20.9 Å². The molecule has 2 saturated heterocycles. The van der Waals surface area contributed by atoms with Crippen molar-refractivity contribution < 1.29 is 19.5 Å². The number of fused-ring (bicyclic) bond motifs is 1. The third-order valence-electron chi connectivity index (χ3n) is 3.59. The van der Waals surface area contributed by atoms with E-state index in [9.17, 15) is 19.5 Å². The molecule has 1 aromatic rings. The summed E-state index contributed by atoms with van der Waals surface area (Å²) in [6.07, 6.45) is -1.14. The van der Waals surface area contributed by atoms with Crippen LogP contribution < -0.4 is 16.0 Å². The average molecular weight is 290 g/mol. The number of nitrogens with one attached hydrogen (secondary N) is 3. The molecule has 1 aromatic carbocycles. The summed E-state index contributed by atoms with van der Waals surface area (Å²) in [6, 6.07) is 7.04. The number of hydrogen-bond donors (Lipinski definition) is 4. The Morgan fingerprint density at radius 3 is 2.57 bits per heavy atom. The number of carbonyl (C=O) groups is 3. The number of carboxylic acids is 1. The van der Waals surface area contributed by atoms with Gasteiger partial charge in [-0.05, 0) is 5.56 Å². The zero-order valence-corrected chi connectivity index (χ0v) is 10.9. The van der Waals surface area contributed by atoms with E-state index in [1.165, 1.54) is 0 Å². The molecule has 3 atom stereocenters. The lowest BCUT2D eigenvalue weighted by molar-refractivity contribution is -0.142. The lowest BCUT2D eigenvalue weighted by atomic mass is 10.0. The van der Waals surface area contributed by atoms with Crippen LogP contribution in [0.1, 0.15) is 5.56 Å². The number of rotatable bonds is 4.